The van der Waals surface area contributed by atoms with Gasteiger partial charge in [0.15, 0.2) is 0 Å². The van der Waals surface area contributed by atoms with Crippen molar-refractivity contribution in [2.24, 2.45) is 5.73 Å². The first-order valence-corrected chi connectivity index (χ1v) is 6.64. The predicted octanol–water partition coefficient (Wildman–Crippen LogP) is 2.96. The Morgan fingerprint density at radius 1 is 1.20 bits per heavy atom. The van der Waals surface area contributed by atoms with Crippen molar-refractivity contribution in [2.75, 3.05) is 11.9 Å². The van der Waals surface area contributed by atoms with E-state index in [2.05, 4.69) is 30.0 Å². The van der Waals surface area contributed by atoms with E-state index in [0.717, 1.165) is 17.8 Å². The average molecular weight is 265 g/mol. The van der Waals surface area contributed by atoms with Gasteiger partial charge in [-0.2, -0.15) is 5.26 Å². The third kappa shape index (κ3) is 2.98. The third-order valence-electron chi connectivity index (χ3n) is 3.50. The molecule has 0 atom stereocenters. The lowest BCUT2D eigenvalue weighted by atomic mass is 10.1. The summed E-state index contributed by atoms with van der Waals surface area (Å²) in [6.45, 7) is 3.34. The highest BCUT2D eigenvalue weighted by atomic mass is 15.1. The van der Waals surface area contributed by atoms with Crippen LogP contribution in [-0.2, 0) is 13.1 Å². The normalized spacial score (nSPS) is 10.1. The molecular weight excluding hydrogens is 246 g/mol. The standard InChI is InChI=1S/C17H19N3/c1-13-5-3-4-6-15(13)12-20(2)17-8-7-14(10-18)9-16(17)11-19/h3-9H,10,12,18H2,1-2H3. The Morgan fingerprint density at radius 3 is 2.60 bits per heavy atom. The molecule has 2 aromatic carbocycles. The summed E-state index contributed by atoms with van der Waals surface area (Å²) in [5, 5.41) is 9.29. The highest BCUT2D eigenvalue weighted by Gasteiger charge is 2.09. The number of nitrogens with zero attached hydrogens (tertiary/aromatic N) is 2. The Labute approximate surface area is 120 Å². The van der Waals surface area contributed by atoms with Gasteiger partial charge >= 0.3 is 0 Å². The molecule has 3 nitrogen and oxygen atoms in total. The molecule has 0 aliphatic rings. The largest absolute Gasteiger partial charge is 0.369 e. The Bertz CT molecular complexity index is 641. The van der Waals surface area contributed by atoms with Crippen LogP contribution in [0.2, 0.25) is 0 Å². The second-order valence-corrected chi connectivity index (χ2v) is 4.95. The minimum atomic E-state index is 0.455. The lowest BCUT2D eigenvalue weighted by Gasteiger charge is -2.22. The Balaban J connectivity index is 2.28. The molecule has 2 N–H and O–H groups in total. The molecule has 2 rings (SSSR count). The first kappa shape index (κ1) is 14.1. The second-order valence-electron chi connectivity index (χ2n) is 4.95. The van der Waals surface area contributed by atoms with Gasteiger partial charge in [-0.3, -0.25) is 0 Å². The summed E-state index contributed by atoms with van der Waals surface area (Å²) in [5.74, 6) is 0. The van der Waals surface area contributed by atoms with Crippen LogP contribution in [0.5, 0.6) is 0 Å². The highest BCUT2D eigenvalue weighted by molar-refractivity contribution is 5.60. The number of aryl methyl sites for hydroxylation is 1. The summed E-state index contributed by atoms with van der Waals surface area (Å²) in [6.07, 6.45) is 0. The summed E-state index contributed by atoms with van der Waals surface area (Å²) in [7, 11) is 2.00. The number of hydrogen-bond acceptors (Lipinski definition) is 3. The SMILES string of the molecule is Cc1ccccc1CN(C)c1ccc(CN)cc1C#N. The van der Waals surface area contributed by atoms with E-state index in [1.807, 2.05) is 37.4 Å². The van der Waals surface area contributed by atoms with E-state index in [1.54, 1.807) is 0 Å². The van der Waals surface area contributed by atoms with Crippen LogP contribution < -0.4 is 10.6 Å². The molecule has 0 aliphatic heterocycles. The fourth-order valence-corrected chi connectivity index (χ4v) is 2.26. The molecule has 102 valence electrons. The van der Waals surface area contributed by atoms with Gasteiger partial charge in [-0.05, 0) is 35.7 Å². The minimum Gasteiger partial charge on any atom is -0.369 e. The number of nitrogens with two attached hydrogens (primary N) is 1. The van der Waals surface area contributed by atoms with Gasteiger partial charge in [0.05, 0.1) is 11.3 Å². The van der Waals surface area contributed by atoms with E-state index in [1.165, 1.54) is 11.1 Å². The molecule has 0 spiro atoms. The second kappa shape index (κ2) is 6.23. The molecule has 0 saturated heterocycles. The zero-order chi connectivity index (χ0) is 14.5. The maximum Gasteiger partial charge on any atom is 0.101 e. The monoisotopic (exact) mass is 265 g/mol. The number of nitriles is 1. The lowest BCUT2D eigenvalue weighted by molar-refractivity contribution is 0.910. The van der Waals surface area contributed by atoms with Crippen molar-refractivity contribution in [1.82, 2.24) is 0 Å². The maximum absolute atomic E-state index is 9.29. The Kier molecular flexibility index (Phi) is 4.39. The first-order valence-electron chi connectivity index (χ1n) is 6.64. The van der Waals surface area contributed by atoms with E-state index < -0.39 is 0 Å². The Morgan fingerprint density at radius 2 is 1.95 bits per heavy atom. The molecule has 3 heteroatoms. The van der Waals surface area contributed by atoms with Crippen molar-refractivity contribution >= 4 is 5.69 Å². The lowest BCUT2D eigenvalue weighted by Crippen LogP contribution is -2.18. The molecule has 0 radical (unpaired) electrons. The van der Waals surface area contributed by atoms with E-state index in [0.29, 0.717) is 12.1 Å². The summed E-state index contributed by atoms with van der Waals surface area (Å²) < 4.78 is 0. The molecule has 0 unspecified atom stereocenters. The van der Waals surface area contributed by atoms with Crippen LogP contribution in [0.4, 0.5) is 5.69 Å². The zero-order valence-electron chi connectivity index (χ0n) is 11.9. The zero-order valence-corrected chi connectivity index (χ0v) is 11.9. The summed E-state index contributed by atoms with van der Waals surface area (Å²) in [6, 6.07) is 16.4. The predicted molar refractivity (Wildman–Crippen MR) is 82.3 cm³/mol. The molecule has 0 aromatic heterocycles. The molecule has 0 bridgehead atoms. The number of benzene rings is 2. The molecule has 0 amide bonds. The van der Waals surface area contributed by atoms with Crippen LogP contribution >= 0.6 is 0 Å². The summed E-state index contributed by atoms with van der Waals surface area (Å²) in [4.78, 5) is 2.10. The van der Waals surface area contributed by atoms with E-state index in [-0.39, 0.29) is 0 Å². The van der Waals surface area contributed by atoms with Crippen LogP contribution in [-0.4, -0.2) is 7.05 Å². The van der Waals surface area contributed by atoms with E-state index in [4.69, 9.17) is 5.73 Å². The topological polar surface area (TPSA) is 53.0 Å². The number of hydrogen-bond donors (Lipinski definition) is 1. The van der Waals surface area contributed by atoms with Crippen molar-refractivity contribution in [3.63, 3.8) is 0 Å². The smallest absolute Gasteiger partial charge is 0.101 e. The van der Waals surface area contributed by atoms with Crippen molar-refractivity contribution in [3.8, 4) is 6.07 Å². The van der Waals surface area contributed by atoms with Gasteiger partial charge in [0, 0.05) is 20.1 Å². The van der Waals surface area contributed by atoms with Crippen LogP contribution in [0.1, 0.15) is 22.3 Å². The highest BCUT2D eigenvalue weighted by Crippen LogP contribution is 2.22. The Hall–Kier alpha value is -2.31. The van der Waals surface area contributed by atoms with Crippen molar-refractivity contribution in [2.45, 2.75) is 20.0 Å². The number of rotatable bonds is 4. The van der Waals surface area contributed by atoms with Gasteiger partial charge in [0.1, 0.15) is 6.07 Å². The minimum absolute atomic E-state index is 0.455. The van der Waals surface area contributed by atoms with Gasteiger partial charge in [0.25, 0.3) is 0 Å². The van der Waals surface area contributed by atoms with Crippen molar-refractivity contribution in [3.05, 3.63) is 64.7 Å². The van der Waals surface area contributed by atoms with Crippen LogP contribution in [0.25, 0.3) is 0 Å². The first-order chi connectivity index (χ1) is 9.65. The molecular formula is C17H19N3. The van der Waals surface area contributed by atoms with Gasteiger partial charge in [0.2, 0.25) is 0 Å². The van der Waals surface area contributed by atoms with Gasteiger partial charge in [-0.1, -0.05) is 30.3 Å². The molecule has 0 fully saturated rings. The van der Waals surface area contributed by atoms with E-state index >= 15 is 0 Å². The van der Waals surface area contributed by atoms with Crippen molar-refractivity contribution in [1.29, 1.82) is 5.26 Å². The van der Waals surface area contributed by atoms with Gasteiger partial charge in [-0.15, -0.1) is 0 Å². The van der Waals surface area contributed by atoms with Crippen LogP contribution in [0.3, 0.4) is 0 Å². The molecule has 2 aromatic rings. The molecule has 20 heavy (non-hydrogen) atoms. The fourth-order valence-electron chi connectivity index (χ4n) is 2.26. The van der Waals surface area contributed by atoms with Crippen molar-refractivity contribution < 1.29 is 0 Å². The number of anilines is 1. The van der Waals surface area contributed by atoms with Gasteiger partial charge in [-0.25, -0.2) is 0 Å². The quantitative estimate of drug-likeness (QED) is 0.924. The van der Waals surface area contributed by atoms with Crippen LogP contribution in [0, 0.1) is 18.3 Å². The molecule has 0 aliphatic carbocycles. The van der Waals surface area contributed by atoms with Crippen LogP contribution in [0.15, 0.2) is 42.5 Å². The molecule has 0 heterocycles. The fraction of sp³-hybridized carbons (Fsp3) is 0.235. The third-order valence-corrected chi connectivity index (χ3v) is 3.50. The van der Waals surface area contributed by atoms with E-state index in [9.17, 15) is 5.26 Å². The molecule has 0 saturated carbocycles. The average Bonchev–Trinajstić information content (AvgIpc) is 2.48. The van der Waals surface area contributed by atoms with Gasteiger partial charge < -0.3 is 10.6 Å². The summed E-state index contributed by atoms with van der Waals surface area (Å²) in [5.41, 5.74) is 10.7. The maximum atomic E-state index is 9.29. The summed E-state index contributed by atoms with van der Waals surface area (Å²) >= 11 is 0.